The van der Waals surface area contributed by atoms with Crippen molar-refractivity contribution in [2.75, 3.05) is 11.4 Å². The first-order chi connectivity index (χ1) is 11.0. The molecule has 0 saturated heterocycles. The standard InChI is InChI=1S/C17H18N2O4/c1-3-18(14-9-5-4-6-10-14)17(20)13(2)23-16-12-8-7-11-15(16)19(21)22/h4-13H,3H2,1-2H3/t13-/m1/s1. The third-order valence-electron chi connectivity index (χ3n) is 3.36. The van der Waals surface area contributed by atoms with Gasteiger partial charge in [-0.2, -0.15) is 0 Å². The van der Waals surface area contributed by atoms with Crippen molar-refractivity contribution in [2.45, 2.75) is 20.0 Å². The number of nitro groups is 1. The second-order valence-electron chi connectivity index (χ2n) is 4.90. The van der Waals surface area contributed by atoms with Crippen LogP contribution in [0.1, 0.15) is 13.8 Å². The highest BCUT2D eigenvalue weighted by atomic mass is 16.6. The fourth-order valence-corrected chi connectivity index (χ4v) is 2.24. The number of carbonyl (C=O) groups excluding carboxylic acids is 1. The van der Waals surface area contributed by atoms with Gasteiger partial charge in [0.15, 0.2) is 11.9 Å². The van der Waals surface area contributed by atoms with E-state index in [4.69, 9.17) is 4.74 Å². The molecule has 0 N–H and O–H groups in total. The van der Waals surface area contributed by atoms with Crippen molar-refractivity contribution in [1.82, 2.24) is 0 Å². The van der Waals surface area contributed by atoms with Crippen LogP contribution in [-0.2, 0) is 4.79 Å². The van der Waals surface area contributed by atoms with Gasteiger partial charge in [-0.05, 0) is 32.0 Å². The van der Waals surface area contributed by atoms with Crippen molar-refractivity contribution in [3.8, 4) is 5.75 Å². The molecule has 0 aromatic heterocycles. The van der Waals surface area contributed by atoms with E-state index < -0.39 is 11.0 Å². The van der Waals surface area contributed by atoms with E-state index in [1.165, 1.54) is 12.1 Å². The Kier molecular flexibility index (Phi) is 5.30. The van der Waals surface area contributed by atoms with Crippen molar-refractivity contribution in [3.05, 3.63) is 64.7 Å². The van der Waals surface area contributed by atoms with Crippen molar-refractivity contribution in [3.63, 3.8) is 0 Å². The molecule has 120 valence electrons. The van der Waals surface area contributed by atoms with E-state index in [1.54, 1.807) is 24.0 Å². The lowest BCUT2D eigenvalue weighted by molar-refractivity contribution is -0.386. The molecule has 1 amide bonds. The Morgan fingerprint density at radius 3 is 2.39 bits per heavy atom. The summed E-state index contributed by atoms with van der Waals surface area (Å²) in [6, 6.07) is 15.3. The zero-order valence-corrected chi connectivity index (χ0v) is 13.0. The maximum atomic E-state index is 12.6. The van der Waals surface area contributed by atoms with Gasteiger partial charge in [0, 0.05) is 18.3 Å². The molecule has 6 nitrogen and oxygen atoms in total. The lowest BCUT2D eigenvalue weighted by atomic mass is 10.2. The van der Waals surface area contributed by atoms with E-state index in [-0.39, 0.29) is 17.3 Å². The van der Waals surface area contributed by atoms with Crippen LogP contribution in [0.4, 0.5) is 11.4 Å². The van der Waals surface area contributed by atoms with Crippen molar-refractivity contribution < 1.29 is 14.5 Å². The van der Waals surface area contributed by atoms with Gasteiger partial charge in [0.05, 0.1) is 4.92 Å². The summed E-state index contributed by atoms with van der Waals surface area (Å²) in [6.07, 6.45) is -0.837. The van der Waals surface area contributed by atoms with Crippen LogP contribution in [0.2, 0.25) is 0 Å². The number of nitrogens with zero attached hydrogens (tertiary/aromatic N) is 2. The second kappa shape index (κ2) is 7.40. The predicted octanol–water partition coefficient (Wildman–Crippen LogP) is 3.42. The van der Waals surface area contributed by atoms with Gasteiger partial charge >= 0.3 is 5.69 Å². The molecule has 0 heterocycles. The Morgan fingerprint density at radius 1 is 1.17 bits per heavy atom. The first-order valence-corrected chi connectivity index (χ1v) is 7.31. The zero-order valence-electron chi connectivity index (χ0n) is 13.0. The molecule has 0 aliphatic carbocycles. The van der Waals surface area contributed by atoms with E-state index in [0.29, 0.717) is 6.54 Å². The molecule has 2 rings (SSSR count). The highest BCUT2D eigenvalue weighted by molar-refractivity contribution is 5.96. The number of amides is 1. The minimum Gasteiger partial charge on any atom is -0.474 e. The van der Waals surface area contributed by atoms with Crippen LogP contribution in [0, 0.1) is 10.1 Å². The van der Waals surface area contributed by atoms with Crippen LogP contribution in [-0.4, -0.2) is 23.5 Å². The third-order valence-corrected chi connectivity index (χ3v) is 3.36. The van der Waals surface area contributed by atoms with Crippen LogP contribution in [0.3, 0.4) is 0 Å². The largest absolute Gasteiger partial charge is 0.474 e. The number of hydrogen-bond donors (Lipinski definition) is 0. The van der Waals surface area contributed by atoms with Gasteiger partial charge in [-0.25, -0.2) is 0 Å². The van der Waals surface area contributed by atoms with E-state index in [2.05, 4.69) is 0 Å². The van der Waals surface area contributed by atoms with Gasteiger partial charge in [-0.1, -0.05) is 30.3 Å². The second-order valence-corrected chi connectivity index (χ2v) is 4.90. The highest BCUT2D eigenvalue weighted by Crippen LogP contribution is 2.27. The average molecular weight is 314 g/mol. The van der Waals surface area contributed by atoms with Gasteiger partial charge in [-0.15, -0.1) is 0 Å². The molecule has 0 unspecified atom stereocenters. The van der Waals surface area contributed by atoms with E-state index in [0.717, 1.165) is 5.69 Å². The van der Waals surface area contributed by atoms with Crippen molar-refractivity contribution in [1.29, 1.82) is 0 Å². The van der Waals surface area contributed by atoms with E-state index in [9.17, 15) is 14.9 Å². The summed E-state index contributed by atoms with van der Waals surface area (Å²) >= 11 is 0. The Bertz CT molecular complexity index is 688. The Labute approximate surface area is 134 Å². The lowest BCUT2D eigenvalue weighted by Crippen LogP contribution is -2.40. The van der Waals surface area contributed by atoms with Crippen LogP contribution in [0.25, 0.3) is 0 Å². The number of nitro benzene ring substituents is 1. The molecule has 2 aromatic carbocycles. The Morgan fingerprint density at radius 2 is 1.78 bits per heavy atom. The van der Waals surface area contributed by atoms with Gasteiger partial charge in [0.2, 0.25) is 0 Å². The molecule has 2 aromatic rings. The van der Waals surface area contributed by atoms with E-state index in [1.807, 2.05) is 37.3 Å². The summed E-state index contributed by atoms with van der Waals surface area (Å²) in [4.78, 5) is 24.7. The molecular weight excluding hydrogens is 296 g/mol. The number of anilines is 1. The summed E-state index contributed by atoms with van der Waals surface area (Å²) in [5, 5.41) is 11.0. The molecule has 6 heteroatoms. The molecule has 0 aliphatic rings. The van der Waals surface area contributed by atoms with E-state index >= 15 is 0 Å². The van der Waals surface area contributed by atoms with Gasteiger partial charge < -0.3 is 9.64 Å². The average Bonchev–Trinajstić information content (AvgIpc) is 2.56. The summed E-state index contributed by atoms with van der Waals surface area (Å²) in [5.41, 5.74) is 0.605. The normalized spacial score (nSPS) is 11.6. The maximum Gasteiger partial charge on any atom is 0.310 e. The lowest BCUT2D eigenvalue weighted by Gasteiger charge is -2.24. The van der Waals surface area contributed by atoms with Crippen LogP contribution < -0.4 is 9.64 Å². The summed E-state index contributed by atoms with van der Waals surface area (Å²) in [6.45, 7) is 3.93. The number of likely N-dealkylation sites (N-methyl/N-ethyl adjacent to an activating group) is 1. The van der Waals surface area contributed by atoms with Gasteiger partial charge in [-0.3, -0.25) is 14.9 Å². The van der Waals surface area contributed by atoms with Gasteiger partial charge in [0.25, 0.3) is 5.91 Å². The van der Waals surface area contributed by atoms with Crippen LogP contribution >= 0.6 is 0 Å². The molecule has 0 saturated carbocycles. The minimum absolute atomic E-state index is 0.0856. The summed E-state index contributed by atoms with van der Waals surface area (Å²) < 4.78 is 5.54. The number of ether oxygens (including phenoxy) is 1. The molecule has 0 spiro atoms. The zero-order chi connectivity index (χ0) is 16.8. The molecule has 0 fully saturated rings. The first-order valence-electron chi connectivity index (χ1n) is 7.31. The highest BCUT2D eigenvalue weighted by Gasteiger charge is 2.25. The SMILES string of the molecule is CCN(C(=O)[C@@H](C)Oc1ccccc1[N+](=O)[O-])c1ccccc1. The van der Waals surface area contributed by atoms with Gasteiger partial charge in [0.1, 0.15) is 0 Å². The van der Waals surface area contributed by atoms with Crippen LogP contribution in [0.15, 0.2) is 54.6 Å². The number of hydrogen-bond acceptors (Lipinski definition) is 4. The summed E-state index contributed by atoms with van der Waals surface area (Å²) in [7, 11) is 0. The fourth-order valence-electron chi connectivity index (χ4n) is 2.24. The monoisotopic (exact) mass is 314 g/mol. The Hall–Kier alpha value is -2.89. The quantitative estimate of drug-likeness (QED) is 0.605. The molecule has 0 radical (unpaired) electrons. The molecular formula is C17H18N2O4. The number of rotatable bonds is 6. The number of para-hydroxylation sites is 3. The smallest absolute Gasteiger partial charge is 0.310 e. The molecule has 0 bridgehead atoms. The molecule has 1 atom stereocenters. The van der Waals surface area contributed by atoms with Crippen molar-refractivity contribution in [2.24, 2.45) is 0 Å². The fraction of sp³-hybridized carbons (Fsp3) is 0.235. The minimum atomic E-state index is -0.837. The molecule has 23 heavy (non-hydrogen) atoms. The number of carbonyl (C=O) groups is 1. The maximum absolute atomic E-state index is 12.6. The van der Waals surface area contributed by atoms with Crippen LogP contribution in [0.5, 0.6) is 5.75 Å². The van der Waals surface area contributed by atoms with Crippen molar-refractivity contribution >= 4 is 17.3 Å². The predicted molar refractivity (Wildman–Crippen MR) is 87.7 cm³/mol. The summed E-state index contributed by atoms with van der Waals surface area (Å²) in [5.74, 6) is -0.167. The Balaban J connectivity index is 2.18. The number of benzene rings is 2. The topological polar surface area (TPSA) is 72.7 Å². The first kappa shape index (κ1) is 16.5. The molecule has 0 aliphatic heterocycles. The third kappa shape index (κ3) is 3.85.